The Hall–Kier alpha value is -3.03. The summed E-state index contributed by atoms with van der Waals surface area (Å²) in [7, 11) is 0. The number of benzene rings is 2. The number of halogens is 3. The Kier molecular flexibility index (Phi) is 6.44. The zero-order valence-corrected chi connectivity index (χ0v) is 14.8. The molecule has 1 atom stereocenters. The minimum absolute atomic E-state index is 0.137. The van der Waals surface area contributed by atoms with Crippen molar-refractivity contribution in [2.75, 3.05) is 17.2 Å². The van der Waals surface area contributed by atoms with E-state index in [1.165, 1.54) is 32.0 Å². The van der Waals surface area contributed by atoms with E-state index >= 15 is 0 Å². The number of amides is 1. The van der Waals surface area contributed by atoms with E-state index in [0.29, 0.717) is 11.3 Å². The predicted octanol–water partition coefficient (Wildman–Crippen LogP) is 4.27. The summed E-state index contributed by atoms with van der Waals surface area (Å²) < 4.78 is 42.7. The molecule has 0 saturated heterocycles. The van der Waals surface area contributed by atoms with Gasteiger partial charge in [0.2, 0.25) is 0 Å². The number of nitrogens with one attached hydrogen (secondary N) is 2. The number of rotatable bonds is 7. The fourth-order valence-corrected chi connectivity index (χ4v) is 2.22. The van der Waals surface area contributed by atoms with Gasteiger partial charge in [-0.3, -0.25) is 9.59 Å². The number of carbonyl (C=O) groups is 2. The van der Waals surface area contributed by atoms with Gasteiger partial charge in [-0.25, -0.2) is 0 Å². The molecule has 2 aromatic rings. The van der Waals surface area contributed by atoms with E-state index in [-0.39, 0.29) is 17.2 Å². The first kappa shape index (κ1) is 20.3. The topological polar surface area (TPSA) is 67.4 Å². The molecule has 27 heavy (non-hydrogen) atoms. The van der Waals surface area contributed by atoms with Crippen molar-refractivity contribution in [1.29, 1.82) is 0 Å². The molecule has 2 rings (SSSR count). The van der Waals surface area contributed by atoms with Gasteiger partial charge >= 0.3 is 6.18 Å². The molecule has 1 amide bonds. The quantitative estimate of drug-likeness (QED) is 0.704. The van der Waals surface area contributed by atoms with Gasteiger partial charge in [0.25, 0.3) is 5.91 Å². The van der Waals surface area contributed by atoms with Gasteiger partial charge in [-0.05, 0) is 38.1 Å². The lowest BCUT2D eigenvalue weighted by Crippen LogP contribution is -2.30. The van der Waals surface area contributed by atoms with E-state index < -0.39 is 24.7 Å². The molecular weight excluding hydrogens is 361 g/mol. The normalized spacial score (nSPS) is 12.2. The second-order valence-electron chi connectivity index (χ2n) is 5.85. The van der Waals surface area contributed by atoms with E-state index in [1.807, 2.05) is 0 Å². The summed E-state index contributed by atoms with van der Waals surface area (Å²) >= 11 is 0. The van der Waals surface area contributed by atoms with Gasteiger partial charge < -0.3 is 15.4 Å². The van der Waals surface area contributed by atoms with Crippen LogP contribution in [-0.4, -0.2) is 30.5 Å². The van der Waals surface area contributed by atoms with Gasteiger partial charge in [0.15, 0.2) is 11.9 Å². The fourth-order valence-electron chi connectivity index (χ4n) is 2.22. The summed E-state index contributed by atoms with van der Waals surface area (Å²) in [5, 5.41) is 4.79. The van der Waals surface area contributed by atoms with Crippen molar-refractivity contribution in [2.45, 2.75) is 26.1 Å². The lowest BCUT2D eigenvalue weighted by molar-refractivity contribution is -0.122. The standard InChI is InChI=1S/C19H19F3N2O3/c1-12(25)14-6-5-7-15(10-14)27-13(2)18(26)24-17-9-4-3-8-16(17)23-11-19(20,21)22/h3-10,13,23H,11H2,1-2H3,(H,24,26). The number of para-hydroxylation sites is 2. The number of anilines is 2. The van der Waals surface area contributed by atoms with Crippen LogP contribution in [-0.2, 0) is 4.79 Å². The van der Waals surface area contributed by atoms with Crippen LogP contribution < -0.4 is 15.4 Å². The molecular formula is C19H19F3N2O3. The van der Waals surface area contributed by atoms with Crippen LogP contribution in [0, 0.1) is 0 Å². The van der Waals surface area contributed by atoms with Crippen LogP contribution in [0.3, 0.4) is 0 Å². The van der Waals surface area contributed by atoms with Crippen molar-refractivity contribution < 1.29 is 27.5 Å². The zero-order chi connectivity index (χ0) is 20.0. The van der Waals surface area contributed by atoms with Crippen LogP contribution in [0.15, 0.2) is 48.5 Å². The van der Waals surface area contributed by atoms with Gasteiger partial charge in [0, 0.05) is 5.56 Å². The highest BCUT2D eigenvalue weighted by atomic mass is 19.4. The molecule has 8 heteroatoms. The molecule has 0 aliphatic heterocycles. The summed E-state index contributed by atoms with van der Waals surface area (Å²) in [5.74, 6) is -0.333. The maximum atomic E-state index is 12.4. The van der Waals surface area contributed by atoms with Gasteiger partial charge in [0.05, 0.1) is 11.4 Å². The van der Waals surface area contributed by atoms with Gasteiger partial charge in [-0.15, -0.1) is 0 Å². The van der Waals surface area contributed by atoms with Crippen LogP contribution >= 0.6 is 0 Å². The highest BCUT2D eigenvalue weighted by molar-refractivity contribution is 5.97. The molecule has 0 spiro atoms. The van der Waals surface area contributed by atoms with Crippen LogP contribution in [0.5, 0.6) is 5.75 Å². The molecule has 0 fully saturated rings. The maximum absolute atomic E-state index is 12.4. The molecule has 0 aliphatic rings. The zero-order valence-electron chi connectivity index (χ0n) is 14.8. The van der Waals surface area contributed by atoms with Crippen molar-refractivity contribution in [2.24, 2.45) is 0 Å². The molecule has 2 aromatic carbocycles. The monoisotopic (exact) mass is 380 g/mol. The minimum atomic E-state index is -4.38. The fraction of sp³-hybridized carbons (Fsp3) is 0.263. The summed E-state index contributed by atoms with van der Waals surface area (Å²) in [6.07, 6.45) is -5.31. The van der Waals surface area contributed by atoms with Crippen molar-refractivity contribution >= 4 is 23.1 Å². The minimum Gasteiger partial charge on any atom is -0.481 e. The molecule has 0 bridgehead atoms. The number of hydrogen-bond acceptors (Lipinski definition) is 4. The molecule has 0 saturated carbocycles. The van der Waals surface area contributed by atoms with Crippen LogP contribution in [0.25, 0.3) is 0 Å². The molecule has 2 N–H and O–H groups in total. The Balaban J connectivity index is 2.04. The Labute approximate surface area is 154 Å². The smallest absolute Gasteiger partial charge is 0.405 e. The lowest BCUT2D eigenvalue weighted by atomic mass is 10.1. The molecule has 0 aliphatic carbocycles. The van der Waals surface area contributed by atoms with Crippen LogP contribution in [0.4, 0.5) is 24.5 Å². The van der Waals surface area contributed by atoms with E-state index in [9.17, 15) is 22.8 Å². The van der Waals surface area contributed by atoms with E-state index in [2.05, 4.69) is 10.6 Å². The number of ether oxygens (including phenoxy) is 1. The van der Waals surface area contributed by atoms with E-state index in [1.54, 1.807) is 30.3 Å². The Morgan fingerprint density at radius 1 is 1.07 bits per heavy atom. The molecule has 0 radical (unpaired) electrons. The third-order valence-corrected chi connectivity index (χ3v) is 3.59. The maximum Gasteiger partial charge on any atom is 0.405 e. The predicted molar refractivity (Wildman–Crippen MR) is 96.2 cm³/mol. The van der Waals surface area contributed by atoms with Gasteiger partial charge in [0.1, 0.15) is 12.3 Å². The second-order valence-corrected chi connectivity index (χ2v) is 5.85. The third-order valence-electron chi connectivity index (χ3n) is 3.59. The molecule has 0 aromatic heterocycles. The summed E-state index contributed by atoms with van der Waals surface area (Å²) in [4.78, 5) is 23.7. The van der Waals surface area contributed by atoms with Gasteiger partial charge in [-0.2, -0.15) is 13.2 Å². The first-order chi connectivity index (χ1) is 12.7. The second kappa shape index (κ2) is 8.57. The third kappa shape index (κ3) is 6.32. The Bertz CT molecular complexity index is 822. The Morgan fingerprint density at radius 2 is 1.74 bits per heavy atom. The highest BCUT2D eigenvalue weighted by Crippen LogP contribution is 2.24. The molecule has 0 heterocycles. The Morgan fingerprint density at radius 3 is 2.37 bits per heavy atom. The van der Waals surface area contributed by atoms with Crippen molar-refractivity contribution in [1.82, 2.24) is 0 Å². The number of Topliss-reactive ketones (excluding diaryl/α,β-unsaturated/α-hetero) is 1. The number of hydrogen-bond donors (Lipinski definition) is 2. The number of carbonyl (C=O) groups excluding carboxylic acids is 2. The van der Waals surface area contributed by atoms with Crippen molar-refractivity contribution in [3.8, 4) is 5.75 Å². The van der Waals surface area contributed by atoms with Gasteiger partial charge in [-0.1, -0.05) is 24.3 Å². The van der Waals surface area contributed by atoms with E-state index in [4.69, 9.17) is 4.74 Å². The average molecular weight is 380 g/mol. The largest absolute Gasteiger partial charge is 0.481 e. The van der Waals surface area contributed by atoms with Crippen LogP contribution in [0.1, 0.15) is 24.2 Å². The van der Waals surface area contributed by atoms with Crippen molar-refractivity contribution in [3.63, 3.8) is 0 Å². The molecule has 1 unspecified atom stereocenters. The highest BCUT2D eigenvalue weighted by Gasteiger charge is 2.27. The number of alkyl halides is 3. The molecule has 144 valence electrons. The summed E-state index contributed by atoms with van der Waals surface area (Å²) in [5.41, 5.74) is 0.801. The van der Waals surface area contributed by atoms with Crippen molar-refractivity contribution in [3.05, 3.63) is 54.1 Å². The first-order valence-electron chi connectivity index (χ1n) is 8.14. The average Bonchev–Trinajstić information content (AvgIpc) is 2.60. The lowest BCUT2D eigenvalue weighted by Gasteiger charge is -2.18. The first-order valence-corrected chi connectivity index (χ1v) is 8.14. The van der Waals surface area contributed by atoms with Crippen LogP contribution in [0.2, 0.25) is 0 Å². The SMILES string of the molecule is CC(=O)c1cccc(OC(C)C(=O)Nc2ccccc2NCC(F)(F)F)c1. The molecule has 5 nitrogen and oxygen atoms in total. The van der Waals surface area contributed by atoms with E-state index in [0.717, 1.165) is 0 Å². The summed E-state index contributed by atoms with van der Waals surface area (Å²) in [6, 6.07) is 12.5. The number of ketones is 1. The summed E-state index contributed by atoms with van der Waals surface area (Å²) in [6.45, 7) is 1.70.